The van der Waals surface area contributed by atoms with Gasteiger partial charge in [0.05, 0.1) is 46.9 Å². The number of hydrogen-bond donors (Lipinski definition) is 2. The number of morpholine rings is 1. The van der Waals surface area contributed by atoms with Crippen molar-refractivity contribution in [3.8, 4) is 0 Å². The third-order valence-electron chi connectivity index (χ3n) is 6.76. The molecule has 172 valence electrons. The number of aliphatic hydroxyl groups is 1. The monoisotopic (exact) mass is 463 g/mol. The van der Waals surface area contributed by atoms with Crippen molar-refractivity contribution in [2.24, 2.45) is 0 Å². The van der Waals surface area contributed by atoms with E-state index in [1.807, 2.05) is 6.33 Å². The van der Waals surface area contributed by atoms with E-state index in [1.165, 1.54) is 16.0 Å². The van der Waals surface area contributed by atoms with E-state index in [0.29, 0.717) is 6.04 Å². The summed E-state index contributed by atoms with van der Waals surface area (Å²) in [5.41, 5.74) is 5.65. The maximum absolute atomic E-state index is 9.94. The van der Waals surface area contributed by atoms with Crippen molar-refractivity contribution < 1.29 is 9.84 Å². The highest BCUT2D eigenvalue weighted by Crippen LogP contribution is 2.30. The lowest BCUT2D eigenvalue weighted by atomic mass is 9.93. The smallest absolute Gasteiger partial charge is 0.184 e. The summed E-state index contributed by atoms with van der Waals surface area (Å²) in [5.74, 6) is 0. The van der Waals surface area contributed by atoms with Crippen LogP contribution in [0.15, 0.2) is 42.7 Å². The van der Waals surface area contributed by atoms with E-state index in [-0.39, 0.29) is 6.10 Å². The van der Waals surface area contributed by atoms with E-state index in [0.717, 1.165) is 80.2 Å². The molecule has 2 aromatic heterocycles. The molecule has 33 heavy (non-hydrogen) atoms. The molecule has 2 atom stereocenters. The fourth-order valence-electron chi connectivity index (χ4n) is 4.99. The van der Waals surface area contributed by atoms with Gasteiger partial charge in [-0.2, -0.15) is 0 Å². The summed E-state index contributed by atoms with van der Waals surface area (Å²) in [6.45, 7) is 4.20. The quantitative estimate of drug-likeness (QED) is 0.461. The number of thiazole rings is 1. The van der Waals surface area contributed by atoms with Crippen LogP contribution in [0.3, 0.4) is 0 Å². The molecule has 2 aliphatic rings. The fraction of sp³-hybridized carbons (Fsp3) is 0.440. The minimum absolute atomic E-state index is 0.188. The molecule has 8 heteroatoms. The van der Waals surface area contributed by atoms with Crippen LogP contribution in [0.4, 0.5) is 10.8 Å². The normalized spacial score (nSPS) is 21.7. The molecule has 1 aliphatic carbocycles. The highest BCUT2D eigenvalue weighted by Gasteiger charge is 2.21. The van der Waals surface area contributed by atoms with Gasteiger partial charge in [-0.05, 0) is 61.6 Å². The van der Waals surface area contributed by atoms with Gasteiger partial charge in [0.2, 0.25) is 0 Å². The van der Waals surface area contributed by atoms with Crippen LogP contribution in [0.2, 0.25) is 0 Å². The second-order valence-electron chi connectivity index (χ2n) is 9.13. The summed E-state index contributed by atoms with van der Waals surface area (Å²) < 4.78 is 8.87. The number of hydrogen-bond acceptors (Lipinski definition) is 7. The Balaban J connectivity index is 1.19. The van der Waals surface area contributed by atoms with Crippen molar-refractivity contribution >= 4 is 43.4 Å². The molecule has 0 amide bonds. The van der Waals surface area contributed by atoms with Crippen LogP contribution in [0.1, 0.15) is 31.2 Å². The lowest BCUT2D eigenvalue weighted by Gasteiger charge is -2.28. The van der Waals surface area contributed by atoms with Crippen LogP contribution in [0.5, 0.6) is 0 Å². The highest BCUT2D eigenvalue weighted by atomic mass is 32.1. The molecule has 1 saturated heterocycles. The molecule has 3 heterocycles. The van der Waals surface area contributed by atoms with Crippen molar-refractivity contribution in [1.82, 2.24) is 14.5 Å². The van der Waals surface area contributed by atoms with Gasteiger partial charge in [-0.3, -0.25) is 0 Å². The number of benzene rings is 2. The average molecular weight is 464 g/mol. The molecule has 2 N–H and O–H groups in total. The number of rotatable bonds is 5. The Bertz CT molecular complexity index is 1260. The first-order valence-corrected chi connectivity index (χ1v) is 12.6. The van der Waals surface area contributed by atoms with E-state index in [9.17, 15) is 5.11 Å². The molecule has 2 aromatic carbocycles. The van der Waals surface area contributed by atoms with Crippen LogP contribution in [0, 0.1) is 0 Å². The van der Waals surface area contributed by atoms with Crippen molar-refractivity contribution in [2.45, 2.75) is 44.4 Å². The van der Waals surface area contributed by atoms with Gasteiger partial charge in [0.25, 0.3) is 0 Å². The van der Waals surface area contributed by atoms with Crippen molar-refractivity contribution in [3.63, 3.8) is 0 Å². The molecule has 1 saturated carbocycles. The van der Waals surface area contributed by atoms with E-state index in [4.69, 9.17) is 9.72 Å². The van der Waals surface area contributed by atoms with Crippen molar-refractivity contribution in [3.05, 3.63) is 48.3 Å². The van der Waals surface area contributed by atoms with Gasteiger partial charge < -0.3 is 24.6 Å². The topological polar surface area (TPSA) is 75.4 Å². The zero-order valence-corrected chi connectivity index (χ0v) is 19.4. The minimum Gasteiger partial charge on any atom is -0.393 e. The van der Waals surface area contributed by atoms with Gasteiger partial charge in [0.15, 0.2) is 5.13 Å². The summed E-state index contributed by atoms with van der Waals surface area (Å²) in [7, 11) is 0. The number of nitrogens with zero attached hydrogens (tertiary/aromatic N) is 4. The van der Waals surface area contributed by atoms with Gasteiger partial charge in [-0.1, -0.05) is 17.4 Å². The third kappa shape index (κ3) is 4.43. The van der Waals surface area contributed by atoms with Crippen LogP contribution < -0.4 is 10.2 Å². The summed E-state index contributed by atoms with van der Waals surface area (Å²) in [6.07, 6.45) is 5.64. The molecule has 1 aliphatic heterocycles. The molecule has 4 aromatic rings. The first-order valence-electron chi connectivity index (χ1n) is 11.8. The van der Waals surface area contributed by atoms with Gasteiger partial charge in [-0.15, -0.1) is 0 Å². The molecule has 0 spiro atoms. The van der Waals surface area contributed by atoms with Gasteiger partial charge >= 0.3 is 0 Å². The summed E-state index contributed by atoms with van der Waals surface area (Å²) in [6, 6.07) is 13.4. The molecule has 0 bridgehead atoms. The van der Waals surface area contributed by atoms with E-state index in [1.54, 1.807) is 11.3 Å². The Morgan fingerprint density at radius 3 is 2.88 bits per heavy atom. The predicted molar refractivity (Wildman–Crippen MR) is 133 cm³/mol. The average Bonchev–Trinajstić information content (AvgIpc) is 3.42. The van der Waals surface area contributed by atoms with Crippen LogP contribution in [0.25, 0.3) is 21.3 Å². The number of aliphatic hydroxyl groups excluding tert-OH is 1. The van der Waals surface area contributed by atoms with Crippen molar-refractivity contribution in [1.29, 1.82) is 0 Å². The Morgan fingerprint density at radius 1 is 1.09 bits per heavy atom. The van der Waals surface area contributed by atoms with Crippen LogP contribution >= 0.6 is 11.3 Å². The Labute approximate surface area is 197 Å². The molecular weight excluding hydrogens is 434 g/mol. The number of fused-ring (bicyclic) bond motifs is 2. The van der Waals surface area contributed by atoms with Crippen LogP contribution in [-0.4, -0.2) is 58.1 Å². The van der Waals surface area contributed by atoms with E-state index >= 15 is 0 Å². The zero-order chi connectivity index (χ0) is 22.2. The summed E-state index contributed by atoms with van der Waals surface area (Å²) >= 11 is 1.70. The number of anilines is 2. The largest absolute Gasteiger partial charge is 0.393 e. The molecule has 6 rings (SSSR count). The lowest BCUT2D eigenvalue weighted by Crippen LogP contribution is -2.36. The molecular formula is C25H29N5O2S. The SMILES string of the molecule is O[C@@H]1CCC[C@@H](Nc2nc3ccc(Cn4cnc5cc(N6CCOCC6)ccc54)cc3s2)C1. The van der Waals surface area contributed by atoms with Gasteiger partial charge in [0.1, 0.15) is 0 Å². The third-order valence-corrected chi connectivity index (χ3v) is 7.71. The molecule has 2 fully saturated rings. The van der Waals surface area contributed by atoms with E-state index in [2.05, 4.69) is 56.2 Å². The zero-order valence-electron chi connectivity index (χ0n) is 18.6. The second-order valence-corrected chi connectivity index (χ2v) is 10.2. The lowest BCUT2D eigenvalue weighted by molar-refractivity contribution is 0.122. The number of imidazole rings is 1. The Hall–Kier alpha value is -2.68. The van der Waals surface area contributed by atoms with Crippen molar-refractivity contribution in [2.75, 3.05) is 36.5 Å². The second kappa shape index (κ2) is 8.93. The highest BCUT2D eigenvalue weighted by molar-refractivity contribution is 7.22. The number of aromatic nitrogens is 3. The standard InChI is InChI=1S/C25H29N5O2S/c31-20-3-1-2-18(13-20)27-25-28-21-6-4-17(12-24(21)33-25)15-30-16-26-22-14-19(5-7-23(22)30)29-8-10-32-11-9-29/h4-7,12,14,16,18,20,31H,1-3,8-11,13,15H2,(H,27,28)/t18-,20-/m1/s1. The fourth-order valence-corrected chi connectivity index (χ4v) is 6.00. The first kappa shape index (κ1) is 20.9. The van der Waals surface area contributed by atoms with Crippen LogP contribution in [-0.2, 0) is 11.3 Å². The summed E-state index contributed by atoms with van der Waals surface area (Å²) in [5, 5.41) is 14.4. The Morgan fingerprint density at radius 2 is 2.00 bits per heavy atom. The predicted octanol–water partition coefficient (Wildman–Crippen LogP) is 4.25. The molecule has 7 nitrogen and oxygen atoms in total. The molecule has 0 unspecified atom stereocenters. The minimum atomic E-state index is -0.188. The summed E-state index contributed by atoms with van der Waals surface area (Å²) in [4.78, 5) is 11.8. The first-order chi connectivity index (χ1) is 16.2. The van der Waals surface area contributed by atoms with Gasteiger partial charge in [0, 0.05) is 31.4 Å². The van der Waals surface area contributed by atoms with E-state index < -0.39 is 0 Å². The molecule has 0 radical (unpaired) electrons. The number of ether oxygens (including phenoxy) is 1. The Kier molecular flexibility index (Phi) is 5.65. The maximum atomic E-state index is 9.94. The van der Waals surface area contributed by atoms with Gasteiger partial charge in [-0.25, -0.2) is 9.97 Å². The number of nitrogens with one attached hydrogen (secondary N) is 1. The maximum Gasteiger partial charge on any atom is 0.184 e.